The molecule has 0 unspecified atom stereocenters. The van der Waals surface area contributed by atoms with Crippen molar-refractivity contribution in [1.82, 2.24) is 5.32 Å². The van der Waals surface area contributed by atoms with E-state index in [0.29, 0.717) is 23.0 Å². The van der Waals surface area contributed by atoms with Gasteiger partial charge in [0, 0.05) is 28.7 Å². The van der Waals surface area contributed by atoms with E-state index in [2.05, 4.69) is 5.32 Å². The molecule has 1 amide bonds. The molecule has 1 aromatic rings. The van der Waals surface area contributed by atoms with E-state index >= 15 is 0 Å². The molecule has 0 aliphatic carbocycles. The summed E-state index contributed by atoms with van der Waals surface area (Å²) in [5, 5.41) is 12.0. The van der Waals surface area contributed by atoms with Gasteiger partial charge in [0.1, 0.15) is 0 Å². The van der Waals surface area contributed by atoms with E-state index in [-0.39, 0.29) is 0 Å². The van der Waals surface area contributed by atoms with Crippen LogP contribution in [0.15, 0.2) is 30.4 Å². The molecule has 1 aromatic carbocycles. The molecule has 2 N–H and O–H groups in total. The molecule has 0 atom stereocenters. The summed E-state index contributed by atoms with van der Waals surface area (Å²) >= 11 is 11.7. The molecule has 4 nitrogen and oxygen atoms in total. The van der Waals surface area contributed by atoms with E-state index in [1.54, 1.807) is 18.2 Å². The molecule has 96 valence electrons. The molecule has 0 saturated carbocycles. The largest absolute Gasteiger partial charge is 0.478 e. The highest BCUT2D eigenvalue weighted by Gasteiger charge is 2.02. The summed E-state index contributed by atoms with van der Waals surface area (Å²) in [6.07, 6.45) is 2.29. The minimum absolute atomic E-state index is 0.365. The Kier molecular flexibility index (Phi) is 5.68. The maximum Gasteiger partial charge on any atom is 0.328 e. The van der Waals surface area contributed by atoms with Crippen molar-refractivity contribution in [2.75, 3.05) is 6.54 Å². The monoisotopic (exact) mass is 287 g/mol. The van der Waals surface area contributed by atoms with Gasteiger partial charge in [0.2, 0.25) is 5.91 Å². The molecule has 0 saturated heterocycles. The van der Waals surface area contributed by atoms with Gasteiger partial charge in [0.15, 0.2) is 0 Å². The Labute approximate surface area is 114 Å². The van der Waals surface area contributed by atoms with Gasteiger partial charge in [0.25, 0.3) is 0 Å². The molecule has 18 heavy (non-hydrogen) atoms. The number of halogens is 2. The highest BCUT2D eigenvalue weighted by molar-refractivity contribution is 6.35. The van der Waals surface area contributed by atoms with Crippen LogP contribution in [0.25, 0.3) is 0 Å². The third-order valence-electron chi connectivity index (χ3n) is 2.09. The minimum Gasteiger partial charge on any atom is -0.478 e. The molecule has 0 bridgehead atoms. The Morgan fingerprint density at radius 3 is 2.61 bits per heavy atom. The number of rotatable bonds is 5. The number of carboxylic acids is 1. The van der Waals surface area contributed by atoms with Gasteiger partial charge in [-0.3, -0.25) is 4.79 Å². The molecule has 6 heteroatoms. The lowest BCUT2D eigenvalue weighted by Crippen LogP contribution is -2.23. The third kappa shape index (κ3) is 5.21. The number of benzene rings is 1. The van der Waals surface area contributed by atoms with Crippen molar-refractivity contribution in [3.63, 3.8) is 0 Å². The number of amides is 1. The van der Waals surface area contributed by atoms with Crippen LogP contribution in [0.3, 0.4) is 0 Å². The van der Waals surface area contributed by atoms with Gasteiger partial charge in [0.05, 0.1) is 0 Å². The van der Waals surface area contributed by atoms with Crippen molar-refractivity contribution in [3.8, 4) is 0 Å². The smallest absolute Gasteiger partial charge is 0.328 e. The van der Waals surface area contributed by atoms with Gasteiger partial charge in [-0.05, 0) is 24.1 Å². The van der Waals surface area contributed by atoms with Crippen LogP contribution < -0.4 is 5.32 Å². The molecule has 0 fully saturated rings. The summed E-state index contributed by atoms with van der Waals surface area (Å²) < 4.78 is 0. The van der Waals surface area contributed by atoms with E-state index in [0.717, 1.165) is 17.7 Å². The average Bonchev–Trinajstić information content (AvgIpc) is 2.29. The van der Waals surface area contributed by atoms with E-state index < -0.39 is 11.9 Å². The topological polar surface area (TPSA) is 66.4 Å². The fraction of sp³-hybridized carbons (Fsp3) is 0.167. The number of hydrogen-bond acceptors (Lipinski definition) is 2. The summed E-state index contributed by atoms with van der Waals surface area (Å²) in [5.74, 6) is -1.62. The van der Waals surface area contributed by atoms with Gasteiger partial charge >= 0.3 is 5.97 Å². The first kappa shape index (κ1) is 14.5. The van der Waals surface area contributed by atoms with Crippen LogP contribution in [-0.2, 0) is 16.0 Å². The summed E-state index contributed by atoms with van der Waals surface area (Å²) in [5.41, 5.74) is 0.864. The van der Waals surface area contributed by atoms with E-state index in [4.69, 9.17) is 28.3 Å². The van der Waals surface area contributed by atoms with Gasteiger partial charge in [-0.25, -0.2) is 4.79 Å². The van der Waals surface area contributed by atoms with Crippen molar-refractivity contribution in [2.45, 2.75) is 6.42 Å². The van der Waals surface area contributed by atoms with Crippen LogP contribution in [0.5, 0.6) is 0 Å². The first-order valence-corrected chi connectivity index (χ1v) is 5.87. The Morgan fingerprint density at radius 1 is 1.28 bits per heavy atom. The maximum atomic E-state index is 11.2. The van der Waals surface area contributed by atoms with Gasteiger partial charge in [-0.2, -0.15) is 0 Å². The van der Waals surface area contributed by atoms with Crippen LogP contribution in [0.1, 0.15) is 5.56 Å². The van der Waals surface area contributed by atoms with Crippen molar-refractivity contribution < 1.29 is 14.7 Å². The Bertz CT molecular complexity index is 486. The summed E-state index contributed by atoms with van der Waals surface area (Å²) in [6.45, 7) is 0.365. The standard InChI is InChI=1S/C12H11Cl2NO3/c13-9-2-1-8(10(14)7-9)5-6-15-11(16)3-4-12(17)18/h1-4,7H,5-6H2,(H,15,16)(H,17,18)/b4-3+. The number of carboxylic acid groups (broad SMARTS) is 1. The van der Waals surface area contributed by atoms with Crippen LogP contribution in [0.2, 0.25) is 10.0 Å². The Hall–Kier alpha value is -1.52. The minimum atomic E-state index is -1.16. The summed E-state index contributed by atoms with van der Waals surface area (Å²) in [4.78, 5) is 21.3. The van der Waals surface area contributed by atoms with Gasteiger partial charge < -0.3 is 10.4 Å². The second-order valence-electron chi connectivity index (χ2n) is 3.45. The molecule has 0 spiro atoms. The molecular weight excluding hydrogens is 277 g/mol. The van der Waals surface area contributed by atoms with Crippen molar-refractivity contribution >= 4 is 35.1 Å². The number of carbonyl (C=O) groups excluding carboxylic acids is 1. The van der Waals surface area contributed by atoms with Crippen LogP contribution >= 0.6 is 23.2 Å². The normalized spacial score (nSPS) is 10.6. The van der Waals surface area contributed by atoms with Gasteiger partial charge in [-0.1, -0.05) is 29.3 Å². The zero-order chi connectivity index (χ0) is 13.5. The molecule has 1 rings (SSSR count). The highest BCUT2D eigenvalue weighted by atomic mass is 35.5. The Morgan fingerprint density at radius 2 is 2.00 bits per heavy atom. The second kappa shape index (κ2) is 7.03. The maximum absolute atomic E-state index is 11.2. The van der Waals surface area contributed by atoms with Crippen molar-refractivity contribution in [3.05, 3.63) is 46.0 Å². The third-order valence-corrected chi connectivity index (χ3v) is 2.67. The SMILES string of the molecule is O=C(O)/C=C/C(=O)NCCc1ccc(Cl)cc1Cl. The number of nitrogens with one attached hydrogen (secondary N) is 1. The molecule has 0 heterocycles. The zero-order valence-corrected chi connectivity index (χ0v) is 10.8. The van der Waals surface area contributed by atoms with Crippen LogP contribution in [0.4, 0.5) is 0 Å². The second-order valence-corrected chi connectivity index (χ2v) is 4.29. The molecular formula is C12H11Cl2NO3. The fourth-order valence-electron chi connectivity index (χ4n) is 1.25. The number of hydrogen-bond donors (Lipinski definition) is 2. The quantitative estimate of drug-likeness (QED) is 0.817. The first-order valence-electron chi connectivity index (χ1n) is 5.12. The van der Waals surface area contributed by atoms with Crippen LogP contribution in [0, 0.1) is 0 Å². The lowest BCUT2D eigenvalue weighted by atomic mass is 10.1. The van der Waals surface area contributed by atoms with Crippen LogP contribution in [-0.4, -0.2) is 23.5 Å². The van der Waals surface area contributed by atoms with Crippen molar-refractivity contribution in [1.29, 1.82) is 0 Å². The average molecular weight is 288 g/mol. The molecule has 0 aromatic heterocycles. The number of aliphatic carboxylic acids is 1. The summed E-state index contributed by atoms with van der Waals surface area (Å²) in [6, 6.07) is 5.13. The van der Waals surface area contributed by atoms with E-state index in [9.17, 15) is 9.59 Å². The Balaban J connectivity index is 2.42. The fourth-order valence-corrected chi connectivity index (χ4v) is 1.75. The number of carbonyl (C=O) groups is 2. The molecule has 0 aliphatic rings. The predicted molar refractivity (Wildman–Crippen MR) is 70.0 cm³/mol. The van der Waals surface area contributed by atoms with E-state index in [1.165, 1.54) is 0 Å². The lowest BCUT2D eigenvalue weighted by Gasteiger charge is -2.05. The molecule has 0 aliphatic heterocycles. The first-order chi connectivity index (χ1) is 8.49. The van der Waals surface area contributed by atoms with Gasteiger partial charge in [-0.15, -0.1) is 0 Å². The highest BCUT2D eigenvalue weighted by Crippen LogP contribution is 2.20. The zero-order valence-electron chi connectivity index (χ0n) is 9.32. The predicted octanol–water partition coefficient (Wildman–Crippen LogP) is 2.29. The van der Waals surface area contributed by atoms with E-state index in [1.807, 2.05) is 0 Å². The molecule has 0 radical (unpaired) electrons. The lowest BCUT2D eigenvalue weighted by molar-refractivity contribution is -0.131. The van der Waals surface area contributed by atoms with Crippen molar-refractivity contribution in [2.24, 2.45) is 0 Å². The summed E-state index contributed by atoms with van der Waals surface area (Å²) in [7, 11) is 0.